The zero-order valence-corrected chi connectivity index (χ0v) is 18.6. The maximum absolute atomic E-state index is 6.65. The molecule has 0 amide bonds. The van der Waals surface area contributed by atoms with Gasteiger partial charge in [0, 0.05) is 43.1 Å². The topological polar surface area (TPSA) is 12.5 Å². The molecule has 3 heteroatoms. The molecule has 0 radical (unpaired) electrons. The second-order valence-corrected chi connectivity index (χ2v) is 9.33. The Morgan fingerprint density at radius 2 is 1.47 bits per heavy atom. The van der Waals surface area contributed by atoms with E-state index in [9.17, 15) is 0 Å². The Kier molecular flexibility index (Phi) is 7.14. The van der Waals surface area contributed by atoms with Gasteiger partial charge in [-0.3, -0.25) is 0 Å². The molecular weight excluding hydrogens is 386 g/mol. The predicted octanol–water partition coefficient (Wildman–Crippen LogP) is 6.24. The molecule has 30 heavy (non-hydrogen) atoms. The van der Waals surface area contributed by atoms with Crippen molar-refractivity contribution in [2.45, 2.75) is 36.7 Å². The molecule has 0 unspecified atom stereocenters. The maximum Gasteiger partial charge on any atom is 0.121 e. The first-order chi connectivity index (χ1) is 14.7. The molecule has 156 valence electrons. The number of rotatable bonds is 8. The number of hydrogen-bond acceptors (Lipinski definition) is 3. The normalized spacial score (nSPS) is 16.3. The lowest BCUT2D eigenvalue weighted by Crippen LogP contribution is -2.50. The van der Waals surface area contributed by atoms with E-state index in [1.807, 2.05) is 17.8 Å². The summed E-state index contributed by atoms with van der Waals surface area (Å²) in [4.78, 5) is 3.92. The van der Waals surface area contributed by atoms with Gasteiger partial charge in [-0.2, -0.15) is 0 Å². The monoisotopic (exact) mass is 417 g/mol. The minimum Gasteiger partial charge on any atom is -0.486 e. The first kappa shape index (κ1) is 21.0. The van der Waals surface area contributed by atoms with E-state index in [0.717, 1.165) is 50.4 Å². The molecule has 0 N–H and O–H groups in total. The van der Waals surface area contributed by atoms with Crippen LogP contribution in [-0.2, 0) is 6.42 Å². The smallest absolute Gasteiger partial charge is 0.121 e. The lowest BCUT2D eigenvalue weighted by Gasteiger charge is -2.42. The van der Waals surface area contributed by atoms with E-state index in [-0.39, 0.29) is 5.60 Å². The highest BCUT2D eigenvalue weighted by atomic mass is 32.2. The summed E-state index contributed by atoms with van der Waals surface area (Å²) in [5.74, 6) is 1.97. The van der Waals surface area contributed by atoms with Crippen LogP contribution in [0.5, 0.6) is 5.75 Å². The van der Waals surface area contributed by atoms with Crippen LogP contribution in [-0.4, -0.2) is 35.9 Å². The predicted molar refractivity (Wildman–Crippen MR) is 128 cm³/mol. The van der Waals surface area contributed by atoms with Gasteiger partial charge in [0.05, 0.1) is 0 Å². The van der Waals surface area contributed by atoms with Gasteiger partial charge >= 0.3 is 0 Å². The Hall–Kier alpha value is -2.23. The molecule has 0 bridgehead atoms. The lowest BCUT2D eigenvalue weighted by atomic mass is 9.92. The third kappa shape index (κ3) is 5.90. The van der Waals surface area contributed by atoms with E-state index in [1.165, 1.54) is 16.0 Å². The summed E-state index contributed by atoms with van der Waals surface area (Å²) in [5.41, 5.74) is 2.62. The fourth-order valence-electron chi connectivity index (χ4n) is 3.98. The van der Waals surface area contributed by atoms with E-state index in [1.54, 1.807) is 0 Å². The molecule has 0 saturated carbocycles. The largest absolute Gasteiger partial charge is 0.486 e. The van der Waals surface area contributed by atoms with Crippen LogP contribution in [0.1, 0.15) is 24.0 Å². The first-order valence-corrected chi connectivity index (χ1v) is 11.9. The average Bonchev–Trinajstić information content (AvgIpc) is 2.80. The molecular formula is C27H31NOS. The van der Waals surface area contributed by atoms with Crippen molar-refractivity contribution in [3.8, 4) is 5.75 Å². The van der Waals surface area contributed by atoms with Crippen LogP contribution in [0.15, 0.2) is 89.8 Å². The molecule has 1 aliphatic rings. The van der Waals surface area contributed by atoms with Crippen molar-refractivity contribution in [2.24, 2.45) is 0 Å². The highest BCUT2D eigenvalue weighted by Gasteiger charge is 2.36. The molecule has 0 aliphatic carbocycles. The summed E-state index contributed by atoms with van der Waals surface area (Å²) in [5, 5.41) is 0. The van der Waals surface area contributed by atoms with Crippen LogP contribution < -0.4 is 4.74 Å². The van der Waals surface area contributed by atoms with Crippen molar-refractivity contribution in [1.29, 1.82) is 0 Å². The van der Waals surface area contributed by atoms with Gasteiger partial charge in [-0.05, 0) is 43.2 Å². The summed E-state index contributed by atoms with van der Waals surface area (Å²) in [6.07, 6.45) is 3.25. The Balaban J connectivity index is 1.38. The van der Waals surface area contributed by atoms with Crippen molar-refractivity contribution in [3.05, 3.63) is 96.1 Å². The number of nitrogens with zero attached hydrogens (tertiary/aromatic N) is 1. The fraction of sp³-hybridized carbons (Fsp3) is 0.333. The number of aryl methyl sites for hydroxylation is 1. The SMILES string of the molecule is Cc1ccc(SCC2(Oc3ccccc3)CCN(CCc3ccccc3)CC2)cc1. The number of benzene rings is 3. The van der Waals surface area contributed by atoms with Crippen molar-refractivity contribution in [3.63, 3.8) is 0 Å². The summed E-state index contributed by atoms with van der Waals surface area (Å²) in [6.45, 7) is 5.44. The van der Waals surface area contributed by atoms with E-state index < -0.39 is 0 Å². The second-order valence-electron chi connectivity index (χ2n) is 8.28. The van der Waals surface area contributed by atoms with Crippen molar-refractivity contribution < 1.29 is 4.74 Å². The first-order valence-electron chi connectivity index (χ1n) is 10.9. The molecule has 4 rings (SSSR count). The van der Waals surface area contributed by atoms with Crippen LogP contribution >= 0.6 is 11.8 Å². The van der Waals surface area contributed by atoms with Gasteiger partial charge in [0.2, 0.25) is 0 Å². The molecule has 3 aromatic carbocycles. The van der Waals surface area contributed by atoms with Gasteiger partial charge in [-0.15, -0.1) is 11.8 Å². The number of para-hydroxylation sites is 1. The molecule has 1 fully saturated rings. The van der Waals surface area contributed by atoms with Crippen LogP contribution in [0.25, 0.3) is 0 Å². The van der Waals surface area contributed by atoms with Crippen molar-refractivity contribution in [1.82, 2.24) is 4.90 Å². The molecule has 1 heterocycles. The lowest BCUT2D eigenvalue weighted by molar-refractivity contribution is 0.0211. The number of likely N-dealkylation sites (tertiary alicyclic amines) is 1. The quantitative estimate of drug-likeness (QED) is 0.402. The Morgan fingerprint density at radius 1 is 0.833 bits per heavy atom. The number of hydrogen-bond donors (Lipinski definition) is 0. The number of piperidine rings is 1. The molecule has 1 aliphatic heterocycles. The Labute approximate surface area is 185 Å². The average molecular weight is 418 g/mol. The molecule has 2 nitrogen and oxygen atoms in total. The molecule has 1 saturated heterocycles. The summed E-state index contributed by atoms with van der Waals surface area (Å²) in [7, 11) is 0. The van der Waals surface area contributed by atoms with Crippen LogP contribution in [0.4, 0.5) is 0 Å². The zero-order chi connectivity index (χ0) is 20.7. The van der Waals surface area contributed by atoms with Gasteiger partial charge in [0.25, 0.3) is 0 Å². The molecule has 0 spiro atoms. The molecule has 3 aromatic rings. The fourth-order valence-corrected chi connectivity index (χ4v) is 5.09. The Morgan fingerprint density at radius 3 is 2.13 bits per heavy atom. The van der Waals surface area contributed by atoms with E-state index in [2.05, 4.69) is 90.7 Å². The Bertz CT molecular complexity index is 887. The number of thioether (sulfide) groups is 1. The third-order valence-electron chi connectivity index (χ3n) is 5.93. The van der Waals surface area contributed by atoms with Crippen LogP contribution in [0.2, 0.25) is 0 Å². The number of ether oxygens (including phenoxy) is 1. The zero-order valence-electron chi connectivity index (χ0n) is 17.8. The minimum absolute atomic E-state index is 0.111. The molecule has 0 atom stereocenters. The summed E-state index contributed by atoms with van der Waals surface area (Å²) in [6, 6.07) is 30.0. The highest BCUT2D eigenvalue weighted by Crippen LogP contribution is 2.34. The van der Waals surface area contributed by atoms with E-state index in [4.69, 9.17) is 4.74 Å². The summed E-state index contributed by atoms with van der Waals surface area (Å²) >= 11 is 1.92. The van der Waals surface area contributed by atoms with Gasteiger partial charge in [-0.1, -0.05) is 66.2 Å². The van der Waals surface area contributed by atoms with Gasteiger partial charge in [-0.25, -0.2) is 0 Å². The van der Waals surface area contributed by atoms with Crippen molar-refractivity contribution in [2.75, 3.05) is 25.4 Å². The highest BCUT2D eigenvalue weighted by molar-refractivity contribution is 7.99. The van der Waals surface area contributed by atoms with E-state index in [0.29, 0.717) is 0 Å². The minimum atomic E-state index is -0.111. The van der Waals surface area contributed by atoms with E-state index >= 15 is 0 Å². The van der Waals surface area contributed by atoms with Crippen LogP contribution in [0, 0.1) is 6.92 Å². The third-order valence-corrected chi connectivity index (χ3v) is 7.20. The molecule has 0 aromatic heterocycles. The van der Waals surface area contributed by atoms with Crippen LogP contribution in [0.3, 0.4) is 0 Å². The standard InChI is InChI=1S/C27H31NOS/c1-23-12-14-26(15-13-23)30-22-27(29-25-10-6-3-7-11-25)17-20-28(21-18-27)19-16-24-8-4-2-5-9-24/h2-15H,16-22H2,1H3. The van der Waals surface area contributed by atoms with Gasteiger partial charge in [0.15, 0.2) is 0 Å². The maximum atomic E-state index is 6.65. The van der Waals surface area contributed by atoms with Crippen molar-refractivity contribution >= 4 is 11.8 Å². The second kappa shape index (κ2) is 10.2. The van der Waals surface area contributed by atoms with Gasteiger partial charge < -0.3 is 9.64 Å². The van der Waals surface area contributed by atoms with Gasteiger partial charge in [0.1, 0.15) is 11.4 Å². The summed E-state index contributed by atoms with van der Waals surface area (Å²) < 4.78 is 6.65.